The number of thiophene rings is 2. The predicted octanol–water partition coefficient (Wildman–Crippen LogP) is 5.51. The van der Waals surface area contributed by atoms with E-state index in [4.69, 9.17) is 0 Å². The van der Waals surface area contributed by atoms with Gasteiger partial charge in [-0.3, -0.25) is 0 Å². The zero-order valence-corrected chi connectivity index (χ0v) is 17.3. The molecule has 142 valence electrons. The standard InChI is InChI=1S/C21H24N2O2S2/c1-21(2,3)14-6-8-15(9-7-14)23-20(25)22-13-16-10-11-18(27-16)19(24)17-5-4-12-26-17/h4-12,19,24H,13H2,1-3H3,(H2,22,23,25). The van der Waals surface area contributed by atoms with Crippen LogP contribution in [0.1, 0.15) is 47.1 Å². The van der Waals surface area contributed by atoms with E-state index in [-0.39, 0.29) is 11.4 Å². The predicted molar refractivity (Wildman–Crippen MR) is 114 cm³/mol. The first-order valence-corrected chi connectivity index (χ1v) is 10.5. The number of nitrogens with one attached hydrogen (secondary N) is 2. The van der Waals surface area contributed by atoms with Crippen LogP contribution < -0.4 is 10.6 Å². The van der Waals surface area contributed by atoms with E-state index in [1.807, 2.05) is 53.9 Å². The Hall–Kier alpha value is -2.15. The number of hydrogen-bond donors (Lipinski definition) is 3. The van der Waals surface area contributed by atoms with Crippen LogP contribution >= 0.6 is 22.7 Å². The van der Waals surface area contributed by atoms with Gasteiger partial charge < -0.3 is 15.7 Å². The molecular weight excluding hydrogens is 376 g/mol. The fourth-order valence-electron chi connectivity index (χ4n) is 2.62. The van der Waals surface area contributed by atoms with E-state index in [1.54, 1.807) is 0 Å². The molecule has 2 amide bonds. The van der Waals surface area contributed by atoms with Crippen molar-refractivity contribution in [3.05, 3.63) is 74.1 Å². The van der Waals surface area contributed by atoms with E-state index in [1.165, 1.54) is 28.2 Å². The summed E-state index contributed by atoms with van der Waals surface area (Å²) in [6, 6.07) is 15.4. The number of anilines is 1. The van der Waals surface area contributed by atoms with Crippen molar-refractivity contribution >= 4 is 34.4 Å². The van der Waals surface area contributed by atoms with Gasteiger partial charge in [0.2, 0.25) is 0 Å². The number of benzene rings is 1. The second-order valence-electron chi connectivity index (χ2n) is 7.36. The van der Waals surface area contributed by atoms with Crippen LogP contribution in [-0.4, -0.2) is 11.1 Å². The maximum absolute atomic E-state index is 12.1. The van der Waals surface area contributed by atoms with Gasteiger partial charge in [0.25, 0.3) is 0 Å². The number of aliphatic hydroxyl groups excluding tert-OH is 1. The monoisotopic (exact) mass is 400 g/mol. The molecule has 0 fully saturated rings. The molecule has 3 rings (SSSR count). The number of amides is 2. The van der Waals surface area contributed by atoms with E-state index in [9.17, 15) is 9.90 Å². The zero-order chi connectivity index (χ0) is 19.4. The molecule has 1 atom stereocenters. The molecule has 0 bridgehead atoms. The summed E-state index contributed by atoms with van der Waals surface area (Å²) >= 11 is 3.04. The Bertz CT molecular complexity index is 878. The maximum atomic E-state index is 12.1. The third-order valence-electron chi connectivity index (χ3n) is 4.20. The van der Waals surface area contributed by atoms with Gasteiger partial charge in [0, 0.05) is 20.3 Å². The van der Waals surface area contributed by atoms with Crippen LogP contribution in [0.25, 0.3) is 0 Å². The largest absolute Gasteiger partial charge is 0.382 e. The Labute approximate surface area is 167 Å². The first-order valence-electron chi connectivity index (χ1n) is 8.78. The number of hydrogen-bond acceptors (Lipinski definition) is 4. The molecule has 2 heterocycles. The average molecular weight is 401 g/mol. The lowest BCUT2D eigenvalue weighted by Gasteiger charge is -2.19. The smallest absolute Gasteiger partial charge is 0.319 e. The average Bonchev–Trinajstić information content (AvgIpc) is 3.31. The molecule has 3 N–H and O–H groups in total. The number of carbonyl (C=O) groups excluding carboxylic acids is 1. The Kier molecular flexibility index (Phi) is 5.99. The Balaban J connectivity index is 1.52. The van der Waals surface area contributed by atoms with Crippen LogP contribution in [0.3, 0.4) is 0 Å². The first-order chi connectivity index (χ1) is 12.8. The highest BCUT2D eigenvalue weighted by Gasteiger charge is 2.15. The second kappa shape index (κ2) is 8.25. The fourth-order valence-corrected chi connectivity index (χ4v) is 4.38. The fraction of sp³-hybridized carbons (Fsp3) is 0.286. The van der Waals surface area contributed by atoms with E-state index in [0.717, 1.165) is 20.3 Å². The van der Waals surface area contributed by atoms with Gasteiger partial charge in [0.1, 0.15) is 6.10 Å². The van der Waals surface area contributed by atoms with Crippen molar-refractivity contribution in [1.29, 1.82) is 0 Å². The highest BCUT2D eigenvalue weighted by Crippen LogP contribution is 2.31. The zero-order valence-electron chi connectivity index (χ0n) is 15.7. The van der Waals surface area contributed by atoms with Crippen molar-refractivity contribution in [3.8, 4) is 0 Å². The lowest BCUT2D eigenvalue weighted by molar-refractivity contribution is 0.228. The Morgan fingerprint density at radius 3 is 2.44 bits per heavy atom. The van der Waals surface area contributed by atoms with Gasteiger partial charge in [0.15, 0.2) is 0 Å². The molecule has 0 radical (unpaired) electrons. The third-order valence-corrected chi connectivity index (χ3v) is 6.26. The first kappa shape index (κ1) is 19.6. The van der Waals surface area contributed by atoms with Crippen LogP contribution in [0.15, 0.2) is 53.9 Å². The van der Waals surface area contributed by atoms with Crippen LogP contribution in [-0.2, 0) is 12.0 Å². The number of aliphatic hydroxyl groups is 1. The molecule has 0 saturated heterocycles. The summed E-state index contributed by atoms with van der Waals surface area (Å²) in [7, 11) is 0. The van der Waals surface area contributed by atoms with Gasteiger partial charge in [0.05, 0.1) is 6.54 Å². The molecule has 27 heavy (non-hydrogen) atoms. The quantitative estimate of drug-likeness (QED) is 0.529. The normalized spacial score (nSPS) is 12.6. The molecule has 4 nitrogen and oxygen atoms in total. The highest BCUT2D eigenvalue weighted by molar-refractivity contribution is 7.12. The topological polar surface area (TPSA) is 61.4 Å². The van der Waals surface area contributed by atoms with Crippen LogP contribution in [0, 0.1) is 0 Å². The second-order valence-corrected chi connectivity index (χ2v) is 9.54. The Morgan fingerprint density at radius 2 is 1.81 bits per heavy atom. The maximum Gasteiger partial charge on any atom is 0.319 e. The summed E-state index contributed by atoms with van der Waals surface area (Å²) in [4.78, 5) is 14.9. The molecule has 3 aromatic rings. The van der Waals surface area contributed by atoms with E-state index < -0.39 is 6.10 Å². The molecule has 1 unspecified atom stereocenters. The summed E-state index contributed by atoms with van der Waals surface area (Å²) in [5.74, 6) is 0. The van der Waals surface area contributed by atoms with Gasteiger partial charge in [-0.2, -0.15) is 0 Å². The minimum atomic E-state index is -0.598. The lowest BCUT2D eigenvalue weighted by Crippen LogP contribution is -2.27. The third kappa shape index (κ3) is 5.19. The number of rotatable bonds is 5. The van der Waals surface area contributed by atoms with Crippen LogP contribution in [0.2, 0.25) is 0 Å². The van der Waals surface area contributed by atoms with E-state index >= 15 is 0 Å². The summed E-state index contributed by atoms with van der Waals surface area (Å²) < 4.78 is 0. The minimum Gasteiger partial charge on any atom is -0.382 e. The summed E-state index contributed by atoms with van der Waals surface area (Å²) in [5.41, 5.74) is 2.08. The summed E-state index contributed by atoms with van der Waals surface area (Å²) in [5, 5.41) is 18.0. The van der Waals surface area contributed by atoms with Crippen LogP contribution in [0.4, 0.5) is 10.5 Å². The summed E-state index contributed by atoms with van der Waals surface area (Å²) in [6.45, 7) is 6.90. The van der Waals surface area contributed by atoms with Crippen molar-refractivity contribution in [2.24, 2.45) is 0 Å². The molecule has 0 aliphatic rings. The molecular formula is C21H24N2O2S2. The lowest BCUT2D eigenvalue weighted by atomic mass is 9.87. The van der Waals surface area contributed by atoms with Crippen molar-refractivity contribution < 1.29 is 9.90 Å². The number of carbonyl (C=O) groups is 1. The van der Waals surface area contributed by atoms with Gasteiger partial charge >= 0.3 is 6.03 Å². The van der Waals surface area contributed by atoms with Crippen molar-refractivity contribution in [1.82, 2.24) is 5.32 Å². The van der Waals surface area contributed by atoms with E-state index in [0.29, 0.717) is 6.54 Å². The van der Waals surface area contributed by atoms with Crippen molar-refractivity contribution in [2.75, 3.05) is 5.32 Å². The molecule has 1 aromatic carbocycles. The van der Waals surface area contributed by atoms with Crippen LogP contribution in [0.5, 0.6) is 0 Å². The van der Waals surface area contributed by atoms with Gasteiger partial charge in [-0.05, 0) is 46.7 Å². The van der Waals surface area contributed by atoms with Crippen molar-refractivity contribution in [2.45, 2.75) is 38.8 Å². The van der Waals surface area contributed by atoms with Crippen molar-refractivity contribution in [3.63, 3.8) is 0 Å². The molecule has 0 aliphatic heterocycles. The highest BCUT2D eigenvalue weighted by atomic mass is 32.1. The number of urea groups is 1. The summed E-state index contributed by atoms with van der Waals surface area (Å²) in [6.07, 6.45) is -0.598. The van der Waals surface area contributed by atoms with Gasteiger partial charge in [-0.25, -0.2) is 4.79 Å². The SMILES string of the molecule is CC(C)(C)c1ccc(NC(=O)NCc2ccc(C(O)c3cccs3)s2)cc1. The van der Waals surface area contributed by atoms with E-state index in [2.05, 4.69) is 31.4 Å². The molecule has 0 aliphatic carbocycles. The molecule has 6 heteroatoms. The van der Waals surface area contributed by atoms with Gasteiger partial charge in [-0.15, -0.1) is 22.7 Å². The molecule has 0 spiro atoms. The minimum absolute atomic E-state index is 0.0886. The molecule has 0 saturated carbocycles. The Morgan fingerprint density at radius 1 is 1.07 bits per heavy atom. The van der Waals surface area contributed by atoms with Gasteiger partial charge in [-0.1, -0.05) is 39.0 Å². The molecule has 2 aromatic heterocycles.